The molecule has 1 amide bonds. The van der Waals surface area contributed by atoms with E-state index in [0.717, 1.165) is 12.0 Å². The van der Waals surface area contributed by atoms with Gasteiger partial charge < -0.3 is 14.6 Å². The van der Waals surface area contributed by atoms with E-state index >= 15 is 0 Å². The molecule has 0 unspecified atom stereocenters. The summed E-state index contributed by atoms with van der Waals surface area (Å²) in [6, 6.07) is 7.97. The molecule has 0 radical (unpaired) electrons. The van der Waals surface area contributed by atoms with Crippen molar-refractivity contribution in [3.05, 3.63) is 35.7 Å². The van der Waals surface area contributed by atoms with E-state index in [-0.39, 0.29) is 37.4 Å². The van der Waals surface area contributed by atoms with Crippen LogP contribution in [-0.2, 0) is 27.2 Å². The van der Waals surface area contributed by atoms with E-state index < -0.39 is 0 Å². The van der Waals surface area contributed by atoms with Gasteiger partial charge in [-0.05, 0) is 25.8 Å². The maximum atomic E-state index is 11.8. The summed E-state index contributed by atoms with van der Waals surface area (Å²) in [6.07, 6.45) is 1.55. The summed E-state index contributed by atoms with van der Waals surface area (Å²) >= 11 is 0. The number of carbonyl (C=O) groups is 2. The molecule has 1 aromatic carbocycles. The molecule has 26 heavy (non-hydrogen) atoms. The minimum Gasteiger partial charge on any atom is -0.463 e. The number of nitrogens with one attached hydrogen (secondary N) is 1. The zero-order chi connectivity index (χ0) is 18.9. The molecule has 0 bridgehead atoms. The fraction of sp³-hybridized carbons (Fsp3) is 0.474. The number of amides is 1. The Morgan fingerprint density at radius 1 is 1.19 bits per heavy atom. The number of carbonyl (C=O) groups excluding carboxylic acids is 2. The summed E-state index contributed by atoms with van der Waals surface area (Å²) in [5.41, 5.74) is 2.12. The van der Waals surface area contributed by atoms with Gasteiger partial charge in [-0.3, -0.25) is 9.59 Å². The Morgan fingerprint density at radius 2 is 1.92 bits per heavy atom. The second kappa shape index (κ2) is 9.70. The Labute approximate surface area is 153 Å². The van der Waals surface area contributed by atoms with Gasteiger partial charge >= 0.3 is 5.97 Å². The predicted octanol–water partition coefficient (Wildman–Crippen LogP) is 2.69. The molecule has 0 spiro atoms. The largest absolute Gasteiger partial charge is 0.463 e. The first-order valence-electron chi connectivity index (χ1n) is 8.86. The van der Waals surface area contributed by atoms with E-state index in [1.807, 2.05) is 24.3 Å². The number of nitrogens with zero attached hydrogens (tertiary/aromatic N) is 2. The van der Waals surface area contributed by atoms with Crippen LogP contribution in [0.3, 0.4) is 0 Å². The minimum atomic E-state index is -0.323. The average Bonchev–Trinajstić information content (AvgIpc) is 3.08. The Bertz CT molecular complexity index is 723. The lowest BCUT2D eigenvalue weighted by atomic mass is 10.1. The molecule has 1 aromatic heterocycles. The van der Waals surface area contributed by atoms with Crippen LogP contribution < -0.4 is 5.32 Å². The van der Waals surface area contributed by atoms with Crippen molar-refractivity contribution in [2.75, 3.05) is 6.54 Å². The normalized spacial score (nSPS) is 10.8. The highest BCUT2D eigenvalue weighted by atomic mass is 16.5. The average molecular weight is 359 g/mol. The van der Waals surface area contributed by atoms with Gasteiger partial charge in [0.25, 0.3) is 0 Å². The molecular formula is C19H25N3O4. The quantitative estimate of drug-likeness (QED) is 0.692. The maximum absolute atomic E-state index is 11.8. The van der Waals surface area contributed by atoms with Crippen LogP contribution in [0.1, 0.15) is 45.1 Å². The molecule has 1 N–H and O–H groups in total. The highest BCUT2D eigenvalue weighted by Crippen LogP contribution is 2.17. The molecule has 0 saturated carbocycles. The van der Waals surface area contributed by atoms with E-state index in [0.29, 0.717) is 18.1 Å². The second-order valence-electron chi connectivity index (χ2n) is 6.20. The smallest absolute Gasteiger partial charge is 0.307 e. The van der Waals surface area contributed by atoms with Crippen LogP contribution in [0, 0.1) is 0 Å². The van der Waals surface area contributed by atoms with Crippen LogP contribution in [0.25, 0.3) is 11.4 Å². The fourth-order valence-corrected chi connectivity index (χ4v) is 2.30. The Balaban J connectivity index is 1.75. The molecule has 0 saturated heterocycles. The van der Waals surface area contributed by atoms with Crippen LogP contribution in [0.4, 0.5) is 0 Å². The third kappa shape index (κ3) is 6.31. The van der Waals surface area contributed by atoms with Gasteiger partial charge in [-0.2, -0.15) is 4.98 Å². The number of aromatic nitrogens is 2. The zero-order valence-electron chi connectivity index (χ0n) is 15.4. The highest BCUT2D eigenvalue weighted by Gasteiger charge is 2.11. The van der Waals surface area contributed by atoms with Gasteiger partial charge in [-0.25, -0.2) is 0 Å². The molecule has 7 heteroatoms. The van der Waals surface area contributed by atoms with Crippen molar-refractivity contribution in [2.24, 2.45) is 0 Å². The molecule has 2 rings (SSSR count). The topological polar surface area (TPSA) is 94.3 Å². The molecule has 140 valence electrons. The van der Waals surface area contributed by atoms with Crippen molar-refractivity contribution in [1.29, 1.82) is 0 Å². The molecule has 1 heterocycles. The summed E-state index contributed by atoms with van der Waals surface area (Å²) in [4.78, 5) is 27.5. The van der Waals surface area contributed by atoms with Gasteiger partial charge in [-0.15, -0.1) is 0 Å². The lowest BCUT2D eigenvalue weighted by molar-refractivity contribution is -0.147. The summed E-state index contributed by atoms with van der Waals surface area (Å²) < 4.78 is 10.2. The SMILES string of the molecule is CCc1ccc(-c2noc(CCC(=O)NCCC(=O)OC(C)C)n2)cc1. The second-order valence-corrected chi connectivity index (χ2v) is 6.20. The predicted molar refractivity (Wildman–Crippen MR) is 96.3 cm³/mol. The van der Waals surface area contributed by atoms with E-state index in [9.17, 15) is 9.59 Å². The van der Waals surface area contributed by atoms with Crippen LogP contribution >= 0.6 is 0 Å². The van der Waals surface area contributed by atoms with Crippen molar-refractivity contribution in [2.45, 2.75) is 52.6 Å². The van der Waals surface area contributed by atoms with Crippen LogP contribution in [0.5, 0.6) is 0 Å². The molecule has 0 aliphatic rings. The van der Waals surface area contributed by atoms with E-state index in [1.165, 1.54) is 5.56 Å². The first kappa shape index (κ1) is 19.6. The third-order valence-electron chi connectivity index (χ3n) is 3.67. The van der Waals surface area contributed by atoms with Gasteiger partial charge in [0.05, 0.1) is 12.5 Å². The van der Waals surface area contributed by atoms with Crippen LogP contribution in [0.2, 0.25) is 0 Å². The van der Waals surface area contributed by atoms with Gasteiger partial charge in [0, 0.05) is 24.9 Å². The third-order valence-corrected chi connectivity index (χ3v) is 3.67. The van der Waals surface area contributed by atoms with Gasteiger partial charge in [0.15, 0.2) is 0 Å². The Kier molecular flexibility index (Phi) is 7.32. The van der Waals surface area contributed by atoms with Crippen molar-refractivity contribution < 1.29 is 18.8 Å². The highest BCUT2D eigenvalue weighted by molar-refractivity contribution is 5.77. The molecule has 0 fully saturated rings. The lowest BCUT2D eigenvalue weighted by Gasteiger charge is -2.08. The monoisotopic (exact) mass is 359 g/mol. The van der Waals surface area contributed by atoms with E-state index in [1.54, 1.807) is 13.8 Å². The first-order valence-corrected chi connectivity index (χ1v) is 8.86. The van der Waals surface area contributed by atoms with Crippen molar-refractivity contribution >= 4 is 11.9 Å². The fourth-order valence-electron chi connectivity index (χ4n) is 2.30. The zero-order valence-corrected chi connectivity index (χ0v) is 15.4. The van der Waals surface area contributed by atoms with E-state index in [2.05, 4.69) is 22.4 Å². The van der Waals surface area contributed by atoms with E-state index in [4.69, 9.17) is 9.26 Å². The first-order chi connectivity index (χ1) is 12.5. The number of hydrogen-bond donors (Lipinski definition) is 1. The number of aryl methyl sites for hydroxylation is 2. The Hall–Kier alpha value is -2.70. The lowest BCUT2D eigenvalue weighted by Crippen LogP contribution is -2.27. The summed E-state index contributed by atoms with van der Waals surface area (Å²) in [5, 5.41) is 6.63. The number of benzene rings is 1. The number of rotatable bonds is 9. The minimum absolute atomic E-state index is 0.150. The summed E-state index contributed by atoms with van der Waals surface area (Å²) in [6.45, 7) is 5.92. The molecule has 7 nitrogen and oxygen atoms in total. The van der Waals surface area contributed by atoms with Gasteiger partial charge in [0.1, 0.15) is 0 Å². The number of esters is 1. The molecule has 2 aromatic rings. The standard InChI is InChI=1S/C19H25N3O4/c1-4-14-5-7-15(8-6-14)19-21-17(26-22-19)10-9-16(23)20-12-11-18(24)25-13(2)3/h5-8,13H,4,9-12H2,1-3H3,(H,20,23). The van der Waals surface area contributed by atoms with Crippen molar-refractivity contribution in [3.63, 3.8) is 0 Å². The van der Waals surface area contributed by atoms with Crippen LogP contribution in [-0.4, -0.2) is 34.7 Å². The van der Waals surface area contributed by atoms with Crippen LogP contribution in [0.15, 0.2) is 28.8 Å². The van der Waals surface area contributed by atoms with Gasteiger partial charge in [0.2, 0.25) is 17.6 Å². The maximum Gasteiger partial charge on any atom is 0.307 e. The molecule has 0 atom stereocenters. The Morgan fingerprint density at radius 3 is 2.58 bits per heavy atom. The van der Waals surface area contributed by atoms with Crippen molar-refractivity contribution in [3.8, 4) is 11.4 Å². The number of ether oxygens (including phenoxy) is 1. The summed E-state index contributed by atoms with van der Waals surface area (Å²) in [7, 11) is 0. The van der Waals surface area contributed by atoms with Crippen molar-refractivity contribution in [1.82, 2.24) is 15.5 Å². The van der Waals surface area contributed by atoms with Gasteiger partial charge in [-0.1, -0.05) is 36.3 Å². The molecular weight excluding hydrogens is 334 g/mol. The number of hydrogen-bond acceptors (Lipinski definition) is 6. The molecule has 0 aliphatic carbocycles. The molecule has 0 aliphatic heterocycles. The summed E-state index contributed by atoms with van der Waals surface area (Å²) in [5.74, 6) is 0.429.